The van der Waals surface area contributed by atoms with Crippen LogP contribution in [-0.4, -0.2) is 21.7 Å². The first-order valence-electron chi connectivity index (χ1n) is 7.26. The molecule has 4 nitrogen and oxygen atoms in total. The lowest BCUT2D eigenvalue weighted by molar-refractivity contribution is 0.0986. The van der Waals surface area contributed by atoms with Crippen molar-refractivity contribution in [3.8, 4) is 0 Å². The quantitative estimate of drug-likeness (QED) is 0.330. The van der Waals surface area contributed by atoms with Gasteiger partial charge < -0.3 is 5.32 Å². The van der Waals surface area contributed by atoms with Crippen LogP contribution in [0.25, 0.3) is 0 Å². The summed E-state index contributed by atoms with van der Waals surface area (Å²) < 4.78 is 14.0. The molecule has 3 rings (SSSR count). The molecule has 0 aliphatic carbocycles. The van der Waals surface area contributed by atoms with Gasteiger partial charge in [-0.05, 0) is 36.1 Å². The highest BCUT2D eigenvalue weighted by atomic mass is 32.2. The summed E-state index contributed by atoms with van der Waals surface area (Å²) in [4.78, 5) is 12.7. The summed E-state index contributed by atoms with van der Waals surface area (Å²) in [5, 5.41) is 13.7. The Labute approximate surface area is 151 Å². The highest BCUT2D eigenvalue weighted by molar-refractivity contribution is 8.01. The van der Waals surface area contributed by atoms with Crippen LogP contribution in [0.5, 0.6) is 0 Å². The molecule has 0 bridgehead atoms. The predicted octanol–water partition coefficient (Wildman–Crippen LogP) is 5.24. The van der Waals surface area contributed by atoms with Gasteiger partial charge in [0, 0.05) is 17.9 Å². The van der Waals surface area contributed by atoms with Gasteiger partial charge in [0.25, 0.3) is 0 Å². The van der Waals surface area contributed by atoms with Crippen molar-refractivity contribution in [1.82, 2.24) is 10.2 Å². The van der Waals surface area contributed by atoms with Gasteiger partial charge in [-0.1, -0.05) is 35.2 Å². The molecule has 0 aliphatic heterocycles. The number of carbonyl (C=O) groups excluding carboxylic acids is 1. The number of rotatable bonds is 8. The van der Waals surface area contributed by atoms with Crippen molar-refractivity contribution in [2.24, 2.45) is 0 Å². The van der Waals surface area contributed by atoms with E-state index < -0.39 is 0 Å². The Morgan fingerprint density at radius 1 is 1.25 bits per heavy atom. The number of benzene rings is 1. The van der Waals surface area contributed by atoms with Gasteiger partial charge in [0.15, 0.2) is 10.1 Å². The normalized spacial score (nSPS) is 10.7. The summed E-state index contributed by atoms with van der Waals surface area (Å²) in [5.41, 5.74) is 0.643. The molecule has 0 fully saturated rings. The van der Waals surface area contributed by atoms with Crippen LogP contribution in [0.2, 0.25) is 0 Å². The molecule has 0 saturated heterocycles. The van der Waals surface area contributed by atoms with Gasteiger partial charge in [0.1, 0.15) is 5.82 Å². The Morgan fingerprint density at radius 2 is 2.17 bits per heavy atom. The second-order valence-electron chi connectivity index (χ2n) is 4.86. The molecule has 0 atom stereocenters. The standard InChI is InChI=1S/C16H14FN3OS3/c17-11-4-1-5-12(10-11)18-15-19-20-16(24-15)23-9-2-6-13(21)14-7-3-8-22-14/h1,3-5,7-8,10H,2,6,9H2,(H,18,19). The summed E-state index contributed by atoms with van der Waals surface area (Å²) >= 11 is 4.47. The third kappa shape index (κ3) is 4.86. The van der Waals surface area contributed by atoms with Crippen molar-refractivity contribution >= 4 is 51.0 Å². The smallest absolute Gasteiger partial charge is 0.210 e. The third-order valence-corrected chi connectivity index (χ3v) is 6.02. The zero-order chi connectivity index (χ0) is 16.8. The van der Waals surface area contributed by atoms with Crippen molar-refractivity contribution < 1.29 is 9.18 Å². The molecule has 0 aliphatic rings. The number of thioether (sulfide) groups is 1. The zero-order valence-corrected chi connectivity index (χ0v) is 15.0. The van der Waals surface area contributed by atoms with E-state index in [-0.39, 0.29) is 11.6 Å². The van der Waals surface area contributed by atoms with Gasteiger partial charge in [-0.15, -0.1) is 21.5 Å². The van der Waals surface area contributed by atoms with E-state index in [9.17, 15) is 9.18 Å². The van der Waals surface area contributed by atoms with Crippen LogP contribution in [0.1, 0.15) is 22.5 Å². The number of hydrogen-bond donors (Lipinski definition) is 1. The van der Waals surface area contributed by atoms with Crippen LogP contribution < -0.4 is 5.32 Å². The van der Waals surface area contributed by atoms with Gasteiger partial charge in [0.05, 0.1) is 4.88 Å². The monoisotopic (exact) mass is 379 g/mol. The molecule has 2 aromatic heterocycles. The van der Waals surface area contributed by atoms with Crippen molar-refractivity contribution in [3.05, 3.63) is 52.5 Å². The van der Waals surface area contributed by atoms with Gasteiger partial charge in [0.2, 0.25) is 5.13 Å². The van der Waals surface area contributed by atoms with Crippen molar-refractivity contribution in [2.45, 2.75) is 17.2 Å². The average molecular weight is 380 g/mol. The largest absolute Gasteiger partial charge is 0.330 e. The zero-order valence-electron chi connectivity index (χ0n) is 12.6. The first kappa shape index (κ1) is 17.1. The Kier molecular flexibility index (Phi) is 5.95. The van der Waals surface area contributed by atoms with E-state index in [2.05, 4.69) is 15.5 Å². The molecule has 8 heteroatoms. The number of nitrogens with zero attached hydrogens (tertiary/aromatic N) is 2. The van der Waals surface area contributed by atoms with E-state index in [1.807, 2.05) is 17.5 Å². The number of Topliss-reactive ketones (excluding diaryl/α,β-unsaturated/α-hetero) is 1. The minimum absolute atomic E-state index is 0.191. The number of thiophene rings is 1. The highest BCUT2D eigenvalue weighted by Gasteiger charge is 2.08. The first-order valence-corrected chi connectivity index (χ1v) is 9.94. The average Bonchev–Trinajstić information content (AvgIpc) is 3.23. The fraction of sp³-hybridized carbons (Fsp3) is 0.188. The second kappa shape index (κ2) is 8.36. The molecule has 2 heterocycles. The summed E-state index contributed by atoms with van der Waals surface area (Å²) in [7, 11) is 0. The number of aromatic nitrogens is 2. The molecule has 124 valence electrons. The second-order valence-corrected chi connectivity index (χ2v) is 8.13. The minimum atomic E-state index is -0.297. The SMILES string of the molecule is O=C(CCCSc1nnc(Nc2cccc(F)c2)s1)c1cccs1. The molecule has 1 aromatic carbocycles. The number of carbonyl (C=O) groups is 1. The van der Waals surface area contributed by atoms with Crippen LogP contribution in [0.3, 0.4) is 0 Å². The number of halogens is 1. The summed E-state index contributed by atoms with van der Waals surface area (Å²) in [6.07, 6.45) is 1.34. The van der Waals surface area contributed by atoms with Crippen LogP contribution in [0, 0.1) is 5.82 Å². The van der Waals surface area contributed by atoms with E-state index in [4.69, 9.17) is 0 Å². The predicted molar refractivity (Wildman–Crippen MR) is 98.2 cm³/mol. The lowest BCUT2D eigenvalue weighted by atomic mass is 10.2. The number of anilines is 2. The van der Waals surface area contributed by atoms with Gasteiger partial charge in [-0.25, -0.2) is 4.39 Å². The van der Waals surface area contributed by atoms with Gasteiger partial charge in [-0.3, -0.25) is 4.79 Å². The first-order chi connectivity index (χ1) is 11.7. The van der Waals surface area contributed by atoms with Crippen LogP contribution >= 0.6 is 34.4 Å². The fourth-order valence-electron chi connectivity index (χ4n) is 1.96. The van der Waals surface area contributed by atoms with Gasteiger partial charge in [-0.2, -0.15) is 0 Å². The Morgan fingerprint density at radius 3 is 2.96 bits per heavy atom. The number of hydrogen-bond acceptors (Lipinski definition) is 7. The third-order valence-electron chi connectivity index (χ3n) is 3.05. The van der Waals surface area contributed by atoms with Crippen LogP contribution in [0.15, 0.2) is 46.1 Å². The van der Waals surface area contributed by atoms with Crippen LogP contribution in [-0.2, 0) is 0 Å². The lowest BCUT2D eigenvalue weighted by Crippen LogP contribution is -1.96. The Balaban J connectivity index is 1.44. The van der Waals surface area contributed by atoms with Crippen molar-refractivity contribution in [2.75, 3.05) is 11.1 Å². The maximum absolute atomic E-state index is 13.1. The summed E-state index contributed by atoms with van der Waals surface area (Å²) in [6.45, 7) is 0. The minimum Gasteiger partial charge on any atom is -0.330 e. The topological polar surface area (TPSA) is 54.9 Å². The molecule has 0 amide bonds. The van der Waals surface area contributed by atoms with E-state index in [1.165, 1.54) is 34.8 Å². The van der Waals surface area contributed by atoms with Crippen LogP contribution in [0.4, 0.5) is 15.2 Å². The van der Waals surface area contributed by atoms with Gasteiger partial charge >= 0.3 is 0 Å². The molecule has 3 aromatic rings. The molecular formula is C16H14FN3OS3. The molecule has 1 N–H and O–H groups in total. The van der Waals surface area contributed by atoms with E-state index in [1.54, 1.807) is 23.9 Å². The van der Waals surface area contributed by atoms with E-state index in [0.717, 1.165) is 21.4 Å². The Hall–Kier alpha value is -1.77. The summed E-state index contributed by atoms with van der Waals surface area (Å²) in [6, 6.07) is 9.96. The van der Waals surface area contributed by atoms with Crippen molar-refractivity contribution in [3.63, 3.8) is 0 Å². The maximum atomic E-state index is 13.1. The highest BCUT2D eigenvalue weighted by Crippen LogP contribution is 2.28. The molecule has 0 spiro atoms. The number of ketones is 1. The molecule has 24 heavy (non-hydrogen) atoms. The number of nitrogens with one attached hydrogen (secondary N) is 1. The lowest BCUT2D eigenvalue weighted by Gasteiger charge is -2.00. The fourth-order valence-corrected chi connectivity index (χ4v) is 4.44. The van der Waals surface area contributed by atoms with E-state index in [0.29, 0.717) is 17.2 Å². The summed E-state index contributed by atoms with van der Waals surface area (Å²) in [5.74, 6) is 0.706. The van der Waals surface area contributed by atoms with E-state index >= 15 is 0 Å². The molecular weight excluding hydrogens is 365 g/mol. The van der Waals surface area contributed by atoms with Crippen molar-refractivity contribution in [1.29, 1.82) is 0 Å². The molecule has 0 saturated carbocycles. The molecule has 0 unspecified atom stereocenters. The maximum Gasteiger partial charge on any atom is 0.210 e. The molecule has 0 radical (unpaired) electrons. The Bertz CT molecular complexity index is 805.